The van der Waals surface area contributed by atoms with Gasteiger partial charge in [-0.15, -0.1) is 0 Å². The Bertz CT molecular complexity index is 1410. The molecular weight excluding hydrogens is 460 g/mol. The molecule has 2 N–H and O–H groups in total. The maximum atomic E-state index is 13.2. The molecule has 0 bridgehead atoms. The topological polar surface area (TPSA) is 119 Å². The van der Waals surface area contributed by atoms with Crippen molar-refractivity contribution in [1.82, 2.24) is 14.5 Å². The van der Waals surface area contributed by atoms with Crippen LogP contribution in [0.1, 0.15) is 53.3 Å². The summed E-state index contributed by atoms with van der Waals surface area (Å²) in [6.45, 7) is 3.24. The van der Waals surface area contributed by atoms with Gasteiger partial charge in [0.05, 0.1) is 29.3 Å². The number of ether oxygens (including phenoxy) is 3. The molecule has 0 spiro atoms. The summed E-state index contributed by atoms with van der Waals surface area (Å²) in [5, 5.41) is 0. The van der Waals surface area contributed by atoms with E-state index in [1.165, 1.54) is 0 Å². The van der Waals surface area contributed by atoms with Crippen LogP contribution in [-0.2, 0) is 14.2 Å². The third-order valence-electron chi connectivity index (χ3n) is 6.22. The van der Waals surface area contributed by atoms with E-state index in [0.717, 1.165) is 25.7 Å². The molecule has 9 heteroatoms. The number of nitrogens with zero attached hydrogens (tertiary/aromatic N) is 3. The molecule has 0 radical (unpaired) electrons. The van der Waals surface area contributed by atoms with Gasteiger partial charge < -0.3 is 19.9 Å². The Morgan fingerprint density at radius 1 is 1.06 bits per heavy atom. The predicted octanol–water partition coefficient (Wildman–Crippen LogP) is 4.45. The summed E-state index contributed by atoms with van der Waals surface area (Å²) < 4.78 is 18.1. The van der Waals surface area contributed by atoms with Crippen molar-refractivity contribution in [3.63, 3.8) is 0 Å². The van der Waals surface area contributed by atoms with Crippen molar-refractivity contribution in [2.24, 2.45) is 0 Å². The maximum absolute atomic E-state index is 13.2. The van der Waals surface area contributed by atoms with E-state index in [-0.39, 0.29) is 30.1 Å². The molecule has 1 aliphatic heterocycles. The Morgan fingerprint density at radius 2 is 1.81 bits per heavy atom. The number of anilines is 1. The average molecular weight is 489 g/mol. The molecule has 3 heterocycles. The van der Waals surface area contributed by atoms with Gasteiger partial charge in [0.2, 0.25) is 0 Å². The van der Waals surface area contributed by atoms with Crippen molar-refractivity contribution < 1.29 is 23.8 Å². The van der Waals surface area contributed by atoms with E-state index in [9.17, 15) is 9.59 Å². The number of carbonyl (C=O) groups is 2. The lowest BCUT2D eigenvalue weighted by Crippen LogP contribution is -2.18. The highest BCUT2D eigenvalue weighted by molar-refractivity contribution is 6.09. The molecule has 2 aromatic carbocycles. The van der Waals surface area contributed by atoms with Gasteiger partial charge in [0.25, 0.3) is 0 Å². The summed E-state index contributed by atoms with van der Waals surface area (Å²) in [5.41, 5.74) is 9.83. The minimum atomic E-state index is -0.576. The fourth-order valence-corrected chi connectivity index (χ4v) is 4.28. The second kappa shape index (κ2) is 10.3. The maximum Gasteiger partial charge on any atom is 0.344 e. The number of unbranched alkanes of at least 4 members (excludes halogenated alkanes) is 1. The van der Waals surface area contributed by atoms with E-state index in [2.05, 4.69) is 0 Å². The highest BCUT2D eigenvalue weighted by Crippen LogP contribution is 2.32. The second-order valence-corrected chi connectivity index (χ2v) is 8.75. The summed E-state index contributed by atoms with van der Waals surface area (Å²) >= 11 is 0. The number of aromatic nitrogens is 3. The van der Waals surface area contributed by atoms with Crippen LogP contribution in [0.15, 0.2) is 48.5 Å². The largest absolute Gasteiger partial charge is 0.462 e. The molecule has 5 rings (SSSR count). The summed E-state index contributed by atoms with van der Waals surface area (Å²) in [5.74, 6) is -0.798. The number of nitrogens with two attached hydrogens (primary N) is 1. The smallest absolute Gasteiger partial charge is 0.344 e. The highest BCUT2D eigenvalue weighted by atomic mass is 16.6. The van der Waals surface area contributed by atoms with E-state index in [4.69, 9.17) is 29.9 Å². The summed E-state index contributed by atoms with van der Waals surface area (Å²) in [6.07, 6.45) is 3.44. The Balaban J connectivity index is 1.54. The molecule has 1 atom stereocenters. The van der Waals surface area contributed by atoms with Gasteiger partial charge in [0.1, 0.15) is 23.5 Å². The number of rotatable bonds is 8. The highest BCUT2D eigenvalue weighted by Gasteiger charge is 2.27. The van der Waals surface area contributed by atoms with Gasteiger partial charge >= 0.3 is 11.9 Å². The van der Waals surface area contributed by atoms with Gasteiger partial charge in [-0.25, -0.2) is 19.6 Å². The SMILES string of the molecule is CCCCOC(=O)c1ccc(-n2c(N)c(C(=O)OC[C@H]3CCCO3)c3nc4ccccc4nc32)cc1. The van der Waals surface area contributed by atoms with E-state index >= 15 is 0 Å². The molecule has 1 fully saturated rings. The first kappa shape index (κ1) is 23.7. The van der Waals surface area contributed by atoms with Crippen molar-refractivity contribution in [2.75, 3.05) is 25.6 Å². The number of para-hydroxylation sites is 2. The zero-order valence-electron chi connectivity index (χ0n) is 20.1. The van der Waals surface area contributed by atoms with Crippen LogP contribution in [0.25, 0.3) is 27.9 Å². The van der Waals surface area contributed by atoms with Gasteiger partial charge in [-0.2, -0.15) is 0 Å². The Morgan fingerprint density at radius 3 is 2.50 bits per heavy atom. The van der Waals surface area contributed by atoms with E-state index in [0.29, 0.717) is 46.7 Å². The summed E-state index contributed by atoms with van der Waals surface area (Å²) in [6, 6.07) is 14.2. The van der Waals surface area contributed by atoms with E-state index in [1.807, 2.05) is 31.2 Å². The van der Waals surface area contributed by atoms with Gasteiger partial charge in [-0.3, -0.25) is 4.57 Å². The average Bonchev–Trinajstić information content (AvgIpc) is 3.51. The molecule has 0 saturated carbocycles. The van der Waals surface area contributed by atoms with Crippen LogP contribution in [0.3, 0.4) is 0 Å². The zero-order chi connectivity index (χ0) is 25.1. The van der Waals surface area contributed by atoms with E-state index < -0.39 is 5.97 Å². The van der Waals surface area contributed by atoms with E-state index in [1.54, 1.807) is 28.8 Å². The lowest BCUT2D eigenvalue weighted by atomic mass is 10.2. The van der Waals surface area contributed by atoms with Crippen molar-refractivity contribution >= 4 is 40.0 Å². The van der Waals surface area contributed by atoms with Crippen molar-refractivity contribution in [2.45, 2.75) is 38.7 Å². The fourth-order valence-electron chi connectivity index (χ4n) is 4.28. The summed E-state index contributed by atoms with van der Waals surface area (Å²) in [4.78, 5) is 35.0. The summed E-state index contributed by atoms with van der Waals surface area (Å²) in [7, 11) is 0. The Kier molecular flexibility index (Phi) is 6.81. The quantitative estimate of drug-likeness (QED) is 0.285. The third kappa shape index (κ3) is 4.61. The Labute approximate surface area is 208 Å². The van der Waals surface area contributed by atoms with Crippen LogP contribution in [0.2, 0.25) is 0 Å². The molecule has 1 saturated heterocycles. The Hall–Kier alpha value is -3.98. The molecule has 9 nitrogen and oxygen atoms in total. The minimum Gasteiger partial charge on any atom is -0.462 e. The van der Waals surface area contributed by atoms with Crippen LogP contribution in [0, 0.1) is 0 Å². The first-order valence-corrected chi connectivity index (χ1v) is 12.2. The van der Waals surface area contributed by atoms with Gasteiger partial charge in [-0.1, -0.05) is 25.5 Å². The lowest BCUT2D eigenvalue weighted by molar-refractivity contribution is 0.0163. The molecule has 36 heavy (non-hydrogen) atoms. The van der Waals surface area contributed by atoms with Crippen LogP contribution in [0.4, 0.5) is 5.82 Å². The lowest BCUT2D eigenvalue weighted by Gasteiger charge is -2.11. The number of fused-ring (bicyclic) bond motifs is 2. The van der Waals surface area contributed by atoms with Crippen LogP contribution < -0.4 is 5.73 Å². The monoisotopic (exact) mass is 488 g/mol. The normalized spacial score (nSPS) is 15.4. The molecule has 0 unspecified atom stereocenters. The molecule has 186 valence electrons. The van der Waals surface area contributed by atoms with Crippen LogP contribution in [0.5, 0.6) is 0 Å². The van der Waals surface area contributed by atoms with Gasteiger partial charge in [0.15, 0.2) is 5.65 Å². The van der Waals surface area contributed by atoms with Crippen molar-refractivity contribution in [3.8, 4) is 5.69 Å². The van der Waals surface area contributed by atoms with Crippen molar-refractivity contribution in [1.29, 1.82) is 0 Å². The standard InChI is InChI=1S/C27H28N4O5/c1-2-3-14-35-26(32)17-10-12-18(13-11-17)31-24(28)22(27(33)36-16-19-7-6-15-34-19)23-25(31)30-21-9-5-4-8-20(21)29-23/h4-5,8-13,19H,2-3,6-7,14-16,28H2,1H3/t19-/m1/s1. The predicted molar refractivity (Wildman–Crippen MR) is 135 cm³/mol. The molecule has 0 amide bonds. The minimum absolute atomic E-state index is 0.111. The molecular formula is C27H28N4O5. The number of benzene rings is 2. The molecule has 4 aromatic rings. The third-order valence-corrected chi connectivity index (χ3v) is 6.22. The van der Waals surface area contributed by atoms with Crippen molar-refractivity contribution in [3.05, 3.63) is 59.7 Å². The number of esters is 2. The van der Waals surface area contributed by atoms with Gasteiger partial charge in [0, 0.05) is 12.3 Å². The van der Waals surface area contributed by atoms with Gasteiger partial charge in [-0.05, 0) is 55.7 Å². The fraction of sp³-hybridized carbons (Fsp3) is 0.333. The second-order valence-electron chi connectivity index (χ2n) is 8.75. The van der Waals surface area contributed by atoms with Crippen LogP contribution in [-0.4, -0.2) is 52.4 Å². The molecule has 0 aliphatic carbocycles. The number of hydrogen-bond donors (Lipinski definition) is 1. The van der Waals surface area contributed by atoms with Crippen LogP contribution >= 0.6 is 0 Å². The number of carbonyl (C=O) groups excluding carboxylic acids is 2. The molecule has 1 aliphatic rings. The zero-order valence-corrected chi connectivity index (χ0v) is 20.1. The number of hydrogen-bond acceptors (Lipinski definition) is 8. The first-order chi connectivity index (χ1) is 17.6. The first-order valence-electron chi connectivity index (χ1n) is 12.2. The molecule has 2 aromatic heterocycles. The number of nitrogen functional groups attached to an aromatic ring is 1.